The van der Waals surface area contributed by atoms with E-state index in [9.17, 15) is 14.4 Å². The van der Waals surface area contributed by atoms with E-state index in [0.717, 1.165) is 0 Å². The Bertz CT molecular complexity index is 747. The molecule has 0 unspecified atom stereocenters. The van der Waals surface area contributed by atoms with Crippen LogP contribution in [0.5, 0.6) is 0 Å². The monoisotopic (exact) mass is 367 g/mol. The number of ether oxygens (including phenoxy) is 1. The molecule has 2 rings (SSSR count). The van der Waals surface area contributed by atoms with Crippen LogP contribution < -0.4 is 10.6 Å². The highest BCUT2D eigenvalue weighted by Crippen LogP contribution is 2.30. The summed E-state index contributed by atoms with van der Waals surface area (Å²) in [6.45, 7) is 1.21. The SMILES string of the molecule is COC(=O)C1=C(Nc2cc(Cl)ccc2NC(C)=O)C(=O)N(CCO)C1. The number of anilines is 2. The number of amides is 2. The molecule has 0 saturated heterocycles. The molecule has 1 aromatic carbocycles. The molecule has 8 nitrogen and oxygen atoms in total. The van der Waals surface area contributed by atoms with E-state index >= 15 is 0 Å². The van der Waals surface area contributed by atoms with Crippen LogP contribution in [0.2, 0.25) is 5.02 Å². The minimum Gasteiger partial charge on any atom is -0.466 e. The molecule has 0 aliphatic carbocycles. The van der Waals surface area contributed by atoms with Gasteiger partial charge in [0.1, 0.15) is 5.70 Å². The number of carbonyl (C=O) groups excluding carboxylic acids is 3. The third kappa shape index (κ3) is 4.28. The Morgan fingerprint density at radius 2 is 2.08 bits per heavy atom. The van der Waals surface area contributed by atoms with Crippen molar-refractivity contribution in [1.29, 1.82) is 0 Å². The normalized spacial score (nSPS) is 13.9. The number of benzene rings is 1. The molecule has 3 N–H and O–H groups in total. The number of aliphatic hydroxyl groups excluding tert-OH is 1. The molecule has 0 atom stereocenters. The minimum atomic E-state index is -0.653. The maximum Gasteiger partial charge on any atom is 0.337 e. The lowest BCUT2D eigenvalue weighted by Gasteiger charge is -2.16. The summed E-state index contributed by atoms with van der Waals surface area (Å²) >= 11 is 5.99. The number of hydrogen-bond donors (Lipinski definition) is 3. The van der Waals surface area contributed by atoms with Crippen molar-refractivity contribution in [2.24, 2.45) is 0 Å². The van der Waals surface area contributed by atoms with Gasteiger partial charge in [-0.2, -0.15) is 0 Å². The number of aliphatic hydroxyl groups is 1. The summed E-state index contributed by atoms with van der Waals surface area (Å²) in [6.07, 6.45) is 0. The van der Waals surface area contributed by atoms with Gasteiger partial charge in [-0.15, -0.1) is 0 Å². The molecule has 0 saturated carbocycles. The third-order valence-corrected chi connectivity index (χ3v) is 3.74. The van der Waals surface area contributed by atoms with Crippen molar-refractivity contribution >= 4 is 40.8 Å². The van der Waals surface area contributed by atoms with E-state index in [2.05, 4.69) is 10.6 Å². The van der Waals surface area contributed by atoms with Gasteiger partial charge in [0.2, 0.25) is 5.91 Å². The molecular formula is C16H18ClN3O5. The molecule has 0 fully saturated rings. The van der Waals surface area contributed by atoms with Crippen LogP contribution >= 0.6 is 11.6 Å². The average Bonchev–Trinajstić information content (AvgIpc) is 2.86. The Morgan fingerprint density at radius 1 is 1.36 bits per heavy atom. The largest absolute Gasteiger partial charge is 0.466 e. The zero-order chi connectivity index (χ0) is 18.6. The number of carbonyl (C=O) groups is 3. The zero-order valence-corrected chi connectivity index (χ0v) is 14.5. The lowest BCUT2D eigenvalue weighted by Crippen LogP contribution is -2.31. The fourth-order valence-corrected chi connectivity index (χ4v) is 2.57. The van der Waals surface area contributed by atoms with Crippen molar-refractivity contribution < 1.29 is 24.2 Å². The van der Waals surface area contributed by atoms with Gasteiger partial charge in [-0.3, -0.25) is 9.59 Å². The molecule has 0 bridgehead atoms. The maximum absolute atomic E-state index is 12.5. The molecule has 0 spiro atoms. The van der Waals surface area contributed by atoms with E-state index in [-0.39, 0.29) is 36.9 Å². The zero-order valence-electron chi connectivity index (χ0n) is 13.8. The lowest BCUT2D eigenvalue weighted by molar-refractivity contribution is -0.136. The average molecular weight is 368 g/mol. The second-order valence-corrected chi connectivity index (χ2v) is 5.73. The van der Waals surface area contributed by atoms with Gasteiger partial charge in [0.25, 0.3) is 5.91 Å². The Hall–Kier alpha value is -2.58. The molecule has 1 aliphatic heterocycles. The first-order chi connectivity index (χ1) is 11.9. The topological polar surface area (TPSA) is 108 Å². The smallest absolute Gasteiger partial charge is 0.337 e. The summed E-state index contributed by atoms with van der Waals surface area (Å²) in [4.78, 5) is 37.2. The fraction of sp³-hybridized carbons (Fsp3) is 0.312. The standard InChI is InChI=1S/C16H18ClN3O5/c1-9(22)18-12-4-3-10(17)7-13(12)19-14-11(16(24)25-2)8-20(5-6-21)15(14)23/h3-4,7,19,21H,5-6,8H2,1-2H3,(H,18,22). The number of nitrogens with one attached hydrogen (secondary N) is 2. The summed E-state index contributed by atoms with van der Waals surface area (Å²) in [6, 6.07) is 4.69. The van der Waals surface area contributed by atoms with E-state index in [1.165, 1.54) is 25.0 Å². The van der Waals surface area contributed by atoms with Crippen LogP contribution in [0.4, 0.5) is 11.4 Å². The highest BCUT2D eigenvalue weighted by molar-refractivity contribution is 6.31. The van der Waals surface area contributed by atoms with Crippen molar-refractivity contribution in [3.63, 3.8) is 0 Å². The van der Waals surface area contributed by atoms with Crippen molar-refractivity contribution in [2.75, 3.05) is 37.4 Å². The molecular weight excluding hydrogens is 350 g/mol. The highest BCUT2D eigenvalue weighted by Gasteiger charge is 2.34. The van der Waals surface area contributed by atoms with Crippen LogP contribution in [0.1, 0.15) is 6.92 Å². The van der Waals surface area contributed by atoms with Crippen LogP contribution in [0.3, 0.4) is 0 Å². The number of rotatable bonds is 6. The number of esters is 1. The number of nitrogens with zero attached hydrogens (tertiary/aromatic N) is 1. The Morgan fingerprint density at radius 3 is 2.68 bits per heavy atom. The van der Waals surface area contributed by atoms with Gasteiger partial charge < -0.3 is 25.4 Å². The van der Waals surface area contributed by atoms with Crippen LogP contribution in [0.15, 0.2) is 29.5 Å². The van der Waals surface area contributed by atoms with Crippen LogP contribution in [-0.2, 0) is 19.1 Å². The number of β-amino-alcohol motifs (C(OH)–C–C–N with tert-alkyl or cyclic N) is 1. The summed E-state index contributed by atoms with van der Waals surface area (Å²) in [7, 11) is 1.22. The van der Waals surface area contributed by atoms with Gasteiger partial charge in [-0.1, -0.05) is 11.6 Å². The van der Waals surface area contributed by atoms with Gasteiger partial charge in [0.15, 0.2) is 0 Å². The summed E-state index contributed by atoms with van der Waals surface area (Å²) in [5.74, 6) is -1.41. The van der Waals surface area contributed by atoms with E-state index in [1.807, 2.05) is 0 Å². The highest BCUT2D eigenvalue weighted by atomic mass is 35.5. The van der Waals surface area contributed by atoms with E-state index in [0.29, 0.717) is 16.4 Å². The van der Waals surface area contributed by atoms with Crippen LogP contribution in [0.25, 0.3) is 0 Å². The molecule has 0 radical (unpaired) electrons. The molecule has 134 valence electrons. The molecule has 0 aromatic heterocycles. The minimum absolute atomic E-state index is 0.0183. The van der Waals surface area contributed by atoms with Gasteiger partial charge in [-0.25, -0.2) is 4.79 Å². The summed E-state index contributed by atoms with van der Waals surface area (Å²) < 4.78 is 4.72. The Kier molecular flexibility index (Phi) is 6.00. The number of hydrogen-bond acceptors (Lipinski definition) is 6. The predicted molar refractivity (Wildman–Crippen MR) is 92.1 cm³/mol. The van der Waals surface area contributed by atoms with E-state index in [1.54, 1.807) is 12.1 Å². The maximum atomic E-state index is 12.5. The first kappa shape index (κ1) is 18.8. The van der Waals surface area contributed by atoms with Gasteiger partial charge in [-0.05, 0) is 18.2 Å². The van der Waals surface area contributed by atoms with E-state index in [4.69, 9.17) is 21.4 Å². The van der Waals surface area contributed by atoms with Crippen molar-refractivity contribution in [3.05, 3.63) is 34.5 Å². The number of methoxy groups -OCH3 is 1. The van der Waals surface area contributed by atoms with Gasteiger partial charge in [0.05, 0.1) is 37.2 Å². The van der Waals surface area contributed by atoms with E-state index < -0.39 is 11.9 Å². The second kappa shape index (κ2) is 8.00. The predicted octanol–water partition coefficient (Wildman–Crippen LogP) is 0.972. The van der Waals surface area contributed by atoms with Crippen LogP contribution in [-0.4, -0.2) is 54.6 Å². The first-order valence-corrected chi connectivity index (χ1v) is 7.81. The van der Waals surface area contributed by atoms with Crippen molar-refractivity contribution in [2.45, 2.75) is 6.92 Å². The fourth-order valence-electron chi connectivity index (χ4n) is 2.40. The van der Waals surface area contributed by atoms with Crippen LogP contribution in [0, 0.1) is 0 Å². The van der Waals surface area contributed by atoms with Crippen molar-refractivity contribution in [1.82, 2.24) is 4.90 Å². The molecule has 1 aliphatic rings. The Balaban J connectivity index is 2.41. The molecule has 1 aromatic rings. The van der Waals surface area contributed by atoms with Crippen molar-refractivity contribution in [3.8, 4) is 0 Å². The quantitative estimate of drug-likeness (QED) is 0.647. The Labute approximate surface area is 149 Å². The molecule has 25 heavy (non-hydrogen) atoms. The van der Waals surface area contributed by atoms with Gasteiger partial charge in [0, 0.05) is 18.5 Å². The molecule has 9 heteroatoms. The first-order valence-electron chi connectivity index (χ1n) is 7.43. The second-order valence-electron chi connectivity index (χ2n) is 5.29. The summed E-state index contributed by atoms with van der Waals surface area (Å²) in [5, 5.41) is 14.9. The summed E-state index contributed by atoms with van der Waals surface area (Å²) in [5.41, 5.74) is 0.921. The lowest BCUT2D eigenvalue weighted by atomic mass is 10.2. The molecule has 1 heterocycles. The molecule has 2 amide bonds. The number of halogens is 1. The third-order valence-electron chi connectivity index (χ3n) is 3.51. The van der Waals surface area contributed by atoms with Gasteiger partial charge >= 0.3 is 5.97 Å².